The van der Waals surface area contributed by atoms with Gasteiger partial charge in [-0.3, -0.25) is 4.79 Å². The van der Waals surface area contributed by atoms with Crippen LogP contribution in [0.1, 0.15) is 49.4 Å². The molecular formula is C21H29N5O3. The summed E-state index contributed by atoms with van der Waals surface area (Å²) in [6, 6.07) is 3.02. The molecule has 3 fully saturated rings. The predicted molar refractivity (Wildman–Crippen MR) is 107 cm³/mol. The van der Waals surface area contributed by atoms with E-state index >= 15 is 0 Å². The van der Waals surface area contributed by atoms with Gasteiger partial charge < -0.3 is 20.1 Å². The molecule has 1 amide bonds. The van der Waals surface area contributed by atoms with Crippen LogP contribution >= 0.6 is 0 Å². The fourth-order valence-electron chi connectivity index (χ4n) is 4.79. The molecule has 2 aromatic heterocycles. The molecule has 1 aliphatic carbocycles. The van der Waals surface area contributed by atoms with Gasteiger partial charge in [0.05, 0.1) is 29.4 Å². The van der Waals surface area contributed by atoms with Crippen LogP contribution in [0, 0.1) is 5.92 Å². The number of amides is 1. The highest BCUT2D eigenvalue weighted by molar-refractivity contribution is 5.94. The van der Waals surface area contributed by atoms with Crippen LogP contribution in [-0.2, 0) is 4.74 Å². The van der Waals surface area contributed by atoms with Crippen LogP contribution in [0.5, 0.6) is 0 Å². The molecule has 1 saturated carbocycles. The van der Waals surface area contributed by atoms with Gasteiger partial charge in [0.15, 0.2) is 5.65 Å². The number of fused-ring (bicyclic) bond motifs is 1. The van der Waals surface area contributed by atoms with Gasteiger partial charge in [0.25, 0.3) is 5.91 Å². The maximum Gasteiger partial charge on any atom is 0.253 e. The lowest BCUT2D eigenvalue weighted by molar-refractivity contribution is -0.186. The van der Waals surface area contributed by atoms with E-state index in [0.29, 0.717) is 24.2 Å². The Kier molecular flexibility index (Phi) is 4.60. The number of pyridine rings is 1. The van der Waals surface area contributed by atoms with Gasteiger partial charge in [0.1, 0.15) is 6.33 Å². The van der Waals surface area contributed by atoms with Crippen molar-refractivity contribution in [2.45, 2.75) is 56.3 Å². The van der Waals surface area contributed by atoms with Crippen LogP contribution in [0.25, 0.3) is 5.65 Å². The van der Waals surface area contributed by atoms with Crippen LogP contribution in [0.4, 0.5) is 0 Å². The highest BCUT2D eigenvalue weighted by Crippen LogP contribution is 2.40. The quantitative estimate of drug-likeness (QED) is 0.804. The summed E-state index contributed by atoms with van der Waals surface area (Å²) in [5.74, 6) is 0.655. The number of hydrogen-bond donors (Lipinski definition) is 2. The Hall–Kier alpha value is -2.03. The van der Waals surface area contributed by atoms with Gasteiger partial charge in [0.2, 0.25) is 0 Å². The molecule has 2 N–H and O–H groups in total. The Bertz CT molecular complexity index is 899. The summed E-state index contributed by atoms with van der Waals surface area (Å²) >= 11 is 0. The number of piperidine rings is 1. The summed E-state index contributed by atoms with van der Waals surface area (Å²) in [6.07, 6.45) is 8.28. The van der Waals surface area contributed by atoms with Crippen molar-refractivity contribution in [3.63, 3.8) is 0 Å². The van der Waals surface area contributed by atoms with Gasteiger partial charge in [-0.1, -0.05) is 0 Å². The fourth-order valence-corrected chi connectivity index (χ4v) is 4.79. The lowest BCUT2D eigenvalue weighted by Gasteiger charge is -2.51. The molecule has 2 saturated heterocycles. The molecule has 2 aliphatic heterocycles. The number of aromatic nitrogens is 3. The first-order valence-corrected chi connectivity index (χ1v) is 10.6. The molecule has 29 heavy (non-hydrogen) atoms. The summed E-state index contributed by atoms with van der Waals surface area (Å²) in [5, 5.41) is 18.2. The zero-order chi connectivity index (χ0) is 20.1. The van der Waals surface area contributed by atoms with Crippen molar-refractivity contribution in [3.8, 4) is 0 Å². The number of hydrogen-bond acceptors (Lipinski definition) is 6. The molecule has 2 atom stereocenters. The number of nitrogens with zero attached hydrogens (tertiary/aromatic N) is 4. The number of rotatable bonds is 4. The molecule has 0 radical (unpaired) electrons. The monoisotopic (exact) mass is 399 g/mol. The highest BCUT2D eigenvalue weighted by atomic mass is 16.5. The number of nitrogens with one attached hydrogen (secondary N) is 1. The van der Waals surface area contributed by atoms with Crippen molar-refractivity contribution in [2.24, 2.45) is 5.92 Å². The van der Waals surface area contributed by atoms with Crippen LogP contribution in [0.15, 0.2) is 24.7 Å². The summed E-state index contributed by atoms with van der Waals surface area (Å²) in [6.45, 7) is 5.41. The molecular weight excluding hydrogens is 370 g/mol. The summed E-state index contributed by atoms with van der Waals surface area (Å²) in [7, 11) is 0. The van der Waals surface area contributed by atoms with E-state index in [2.05, 4.69) is 20.3 Å². The minimum atomic E-state index is -1.01. The largest absolute Gasteiger partial charge is 0.388 e. The molecule has 3 aliphatic rings. The van der Waals surface area contributed by atoms with Crippen LogP contribution < -0.4 is 5.32 Å². The maximum atomic E-state index is 12.7. The van der Waals surface area contributed by atoms with Gasteiger partial charge in [-0.05, 0) is 50.7 Å². The smallest absolute Gasteiger partial charge is 0.253 e. The Morgan fingerprint density at radius 2 is 2.14 bits per heavy atom. The van der Waals surface area contributed by atoms with Crippen LogP contribution in [0.3, 0.4) is 0 Å². The molecule has 0 unspecified atom stereocenters. The van der Waals surface area contributed by atoms with Crippen molar-refractivity contribution in [2.75, 3.05) is 26.2 Å². The minimum absolute atomic E-state index is 0.244. The predicted octanol–water partition coefficient (Wildman–Crippen LogP) is 1.24. The van der Waals surface area contributed by atoms with Gasteiger partial charge in [-0.2, -0.15) is 5.10 Å². The first-order chi connectivity index (χ1) is 13.9. The van der Waals surface area contributed by atoms with E-state index in [0.717, 1.165) is 31.8 Å². The van der Waals surface area contributed by atoms with Crippen molar-refractivity contribution in [1.29, 1.82) is 0 Å². The Morgan fingerprint density at radius 3 is 2.86 bits per heavy atom. The van der Waals surface area contributed by atoms with E-state index in [-0.39, 0.29) is 11.5 Å². The lowest BCUT2D eigenvalue weighted by Crippen LogP contribution is -2.64. The third-order valence-electron chi connectivity index (χ3n) is 6.81. The highest BCUT2D eigenvalue weighted by Gasteiger charge is 2.49. The summed E-state index contributed by atoms with van der Waals surface area (Å²) < 4.78 is 7.85. The molecule has 4 heterocycles. The minimum Gasteiger partial charge on any atom is -0.388 e. The average molecular weight is 399 g/mol. The molecule has 8 nitrogen and oxygen atoms in total. The summed E-state index contributed by atoms with van der Waals surface area (Å²) in [5.41, 5.74) is -0.120. The van der Waals surface area contributed by atoms with Gasteiger partial charge >= 0.3 is 0 Å². The third-order valence-corrected chi connectivity index (χ3v) is 6.81. The van der Waals surface area contributed by atoms with E-state index in [9.17, 15) is 9.90 Å². The van der Waals surface area contributed by atoms with Crippen molar-refractivity contribution < 1.29 is 14.6 Å². The van der Waals surface area contributed by atoms with Crippen molar-refractivity contribution in [1.82, 2.24) is 24.8 Å². The van der Waals surface area contributed by atoms with E-state index in [4.69, 9.17) is 4.74 Å². The molecule has 156 valence electrons. The Morgan fingerprint density at radius 1 is 1.34 bits per heavy atom. The first kappa shape index (κ1) is 19.0. The van der Waals surface area contributed by atoms with Crippen molar-refractivity contribution in [3.05, 3.63) is 30.2 Å². The molecule has 2 aromatic rings. The number of aliphatic hydroxyl groups is 1. The lowest BCUT2D eigenvalue weighted by atomic mass is 9.75. The number of carbonyl (C=O) groups is 1. The average Bonchev–Trinajstić information content (AvgIpc) is 3.38. The van der Waals surface area contributed by atoms with E-state index in [1.54, 1.807) is 22.8 Å². The molecule has 1 spiro atoms. The Labute approximate surface area is 170 Å². The number of ether oxygens (including phenoxy) is 1. The van der Waals surface area contributed by atoms with E-state index in [1.807, 2.05) is 6.92 Å². The van der Waals surface area contributed by atoms with E-state index in [1.165, 1.54) is 25.7 Å². The second-order valence-electron chi connectivity index (χ2n) is 9.28. The molecule has 0 bridgehead atoms. The zero-order valence-corrected chi connectivity index (χ0v) is 16.9. The van der Waals surface area contributed by atoms with Crippen molar-refractivity contribution >= 4 is 11.6 Å². The normalized spacial score (nSPS) is 29.9. The number of carbonyl (C=O) groups excluding carboxylic acids is 1. The second kappa shape index (κ2) is 7.04. The summed E-state index contributed by atoms with van der Waals surface area (Å²) in [4.78, 5) is 19.4. The maximum absolute atomic E-state index is 12.7. The zero-order valence-electron chi connectivity index (χ0n) is 16.9. The molecule has 5 rings (SSSR count). The van der Waals surface area contributed by atoms with Gasteiger partial charge in [-0.25, -0.2) is 9.50 Å². The number of likely N-dealkylation sites (tertiary alicyclic amines) is 1. The topological polar surface area (TPSA) is 92.0 Å². The van der Waals surface area contributed by atoms with Gasteiger partial charge in [0, 0.05) is 32.3 Å². The standard InChI is InChI=1S/C21H29N5O3/c1-20(28)13-21(6-8-25(9-7-21)10-15-2-3-15)29-12-17(20)24-19(27)16-4-5-18-22-14-23-26(18)11-16/h4-5,11,14-15,17,28H,2-3,6-10,12-13H2,1H3,(H,24,27)/t17-,20-/m0/s1. The third kappa shape index (κ3) is 3.89. The molecule has 8 heteroatoms. The Balaban J connectivity index is 1.21. The van der Waals surface area contributed by atoms with E-state index < -0.39 is 11.6 Å². The fraction of sp³-hybridized carbons (Fsp3) is 0.667. The van der Waals surface area contributed by atoms with Gasteiger partial charge in [-0.15, -0.1) is 0 Å². The first-order valence-electron chi connectivity index (χ1n) is 10.6. The van der Waals surface area contributed by atoms with Crippen LogP contribution in [-0.4, -0.2) is 74.0 Å². The molecule has 0 aromatic carbocycles. The van der Waals surface area contributed by atoms with Crippen LogP contribution in [0.2, 0.25) is 0 Å². The second-order valence-corrected chi connectivity index (χ2v) is 9.28. The SMILES string of the molecule is C[C@]1(O)CC2(CCN(CC3CC3)CC2)OC[C@@H]1NC(=O)c1ccc2ncnn2c1.